The summed E-state index contributed by atoms with van der Waals surface area (Å²) in [5.74, 6) is -0.751. The Hall–Kier alpha value is -3.76. The molecule has 0 saturated heterocycles. The zero-order chi connectivity index (χ0) is 23.1. The minimum absolute atomic E-state index is 0.163. The van der Waals surface area contributed by atoms with E-state index in [4.69, 9.17) is 11.6 Å². The number of amides is 1. The summed E-state index contributed by atoms with van der Waals surface area (Å²) in [5.41, 5.74) is 2.38. The lowest BCUT2D eigenvalue weighted by molar-refractivity contribution is -0.387. The molecule has 1 N–H and O–H groups in total. The highest BCUT2D eigenvalue weighted by Crippen LogP contribution is 2.29. The molecule has 0 spiro atoms. The summed E-state index contributed by atoms with van der Waals surface area (Å²) in [7, 11) is -4.45. The molecule has 32 heavy (non-hydrogen) atoms. The molecule has 0 aromatic heterocycles. The standard InChI is InChI=1S/C21H17ClN4O5S/c22-18-11-5-4-8-16(18)14-23-24-21(27)15-25(17-9-2-1-3-10-17)32(30,31)20-13-7-6-12-19(20)26(28)29/h1-14H,15H2,(H,24,27)/b23-14-. The second kappa shape index (κ2) is 10.0. The molecule has 1 amide bonds. The highest BCUT2D eigenvalue weighted by Gasteiger charge is 2.32. The maximum Gasteiger partial charge on any atom is 0.289 e. The molecule has 0 fully saturated rings. The van der Waals surface area contributed by atoms with Crippen LogP contribution in [0.2, 0.25) is 5.02 Å². The van der Waals surface area contributed by atoms with Crippen molar-refractivity contribution >= 4 is 45.1 Å². The Kier molecular flexibility index (Phi) is 7.18. The second-order valence-electron chi connectivity index (χ2n) is 6.39. The number of hydrazone groups is 1. The first-order valence-corrected chi connectivity index (χ1v) is 11.0. The van der Waals surface area contributed by atoms with Gasteiger partial charge in [0.15, 0.2) is 4.90 Å². The molecule has 3 rings (SSSR count). The van der Waals surface area contributed by atoms with Gasteiger partial charge in [-0.2, -0.15) is 5.10 Å². The fourth-order valence-corrected chi connectivity index (χ4v) is 4.54. The summed E-state index contributed by atoms with van der Waals surface area (Å²) in [5, 5.41) is 15.6. The zero-order valence-electron chi connectivity index (χ0n) is 16.5. The monoisotopic (exact) mass is 472 g/mol. The Morgan fingerprint density at radius 2 is 1.66 bits per heavy atom. The Bertz CT molecular complexity index is 1270. The first-order valence-electron chi connectivity index (χ1n) is 9.18. The van der Waals surface area contributed by atoms with Gasteiger partial charge >= 0.3 is 0 Å². The molecule has 0 bridgehead atoms. The Morgan fingerprint density at radius 3 is 2.34 bits per heavy atom. The number of para-hydroxylation sites is 2. The number of carbonyl (C=O) groups is 1. The number of sulfonamides is 1. The third-order valence-electron chi connectivity index (χ3n) is 4.26. The third kappa shape index (κ3) is 5.29. The van der Waals surface area contributed by atoms with Crippen LogP contribution in [0.25, 0.3) is 0 Å². The SMILES string of the molecule is O=C(CN(c1ccccc1)S(=O)(=O)c1ccccc1[N+](=O)[O-])N/N=C\c1ccccc1Cl. The molecule has 9 nitrogen and oxygen atoms in total. The van der Waals surface area contributed by atoms with E-state index in [2.05, 4.69) is 10.5 Å². The summed E-state index contributed by atoms with van der Waals surface area (Å²) in [6, 6.07) is 19.6. The number of nitrogens with one attached hydrogen (secondary N) is 1. The molecule has 3 aromatic rings. The van der Waals surface area contributed by atoms with Crippen molar-refractivity contribution in [3.63, 3.8) is 0 Å². The van der Waals surface area contributed by atoms with Crippen molar-refractivity contribution in [3.8, 4) is 0 Å². The molecule has 0 unspecified atom stereocenters. The zero-order valence-corrected chi connectivity index (χ0v) is 18.0. The van der Waals surface area contributed by atoms with Crippen molar-refractivity contribution in [2.75, 3.05) is 10.8 Å². The summed E-state index contributed by atoms with van der Waals surface area (Å²) >= 11 is 6.03. The van der Waals surface area contributed by atoms with Gasteiger partial charge in [-0.15, -0.1) is 0 Å². The molecule has 0 aliphatic heterocycles. The molecular weight excluding hydrogens is 456 g/mol. The number of nitro groups is 1. The van der Waals surface area contributed by atoms with Gasteiger partial charge in [0.25, 0.3) is 21.6 Å². The largest absolute Gasteiger partial charge is 0.289 e. The number of nitrogens with zero attached hydrogens (tertiary/aromatic N) is 3. The van der Waals surface area contributed by atoms with Gasteiger partial charge in [0.2, 0.25) is 0 Å². The second-order valence-corrected chi connectivity index (χ2v) is 8.62. The fourth-order valence-electron chi connectivity index (χ4n) is 2.77. The quantitative estimate of drug-likeness (QED) is 0.305. The van der Waals surface area contributed by atoms with E-state index in [1.54, 1.807) is 42.5 Å². The summed E-state index contributed by atoms with van der Waals surface area (Å²) in [6.07, 6.45) is 1.32. The molecule has 0 atom stereocenters. The van der Waals surface area contributed by atoms with Crippen molar-refractivity contribution < 1.29 is 18.1 Å². The molecule has 11 heteroatoms. The van der Waals surface area contributed by atoms with E-state index in [0.29, 0.717) is 10.6 Å². The van der Waals surface area contributed by atoms with Crippen LogP contribution < -0.4 is 9.73 Å². The van der Waals surface area contributed by atoms with Crippen molar-refractivity contribution in [2.24, 2.45) is 5.10 Å². The average molecular weight is 473 g/mol. The molecular formula is C21H17ClN4O5S. The van der Waals surface area contributed by atoms with Crippen molar-refractivity contribution in [1.29, 1.82) is 0 Å². The Labute approximate surface area is 189 Å². The van der Waals surface area contributed by atoms with E-state index in [1.807, 2.05) is 0 Å². The predicted octanol–water partition coefficient (Wildman–Crippen LogP) is 3.59. The van der Waals surface area contributed by atoms with Crippen LogP contribution in [-0.2, 0) is 14.8 Å². The van der Waals surface area contributed by atoms with Crippen LogP contribution in [0.15, 0.2) is 88.9 Å². The fraction of sp³-hybridized carbons (Fsp3) is 0.0476. The van der Waals surface area contributed by atoms with E-state index < -0.39 is 38.0 Å². The van der Waals surface area contributed by atoms with Crippen molar-refractivity contribution in [1.82, 2.24) is 5.43 Å². The smallest absolute Gasteiger partial charge is 0.271 e. The summed E-state index contributed by atoms with van der Waals surface area (Å²) in [6.45, 7) is -0.655. The Morgan fingerprint density at radius 1 is 1.03 bits per heavy atom. The van der Waals surface area contributed by atoms with E-state index >= 15 is 0 Å². The van der Waals surface area contributed by atoms with Crippen molar-refractivity contribution in [2.45, 2.75) is 4.90 Å². The van der Waals surface area contributed by atoms with Crippen LogP contribution in [0.3, 0.4) is 0 Å². The van der Waals surface area contributed by atoms with Crippen LogP contribution in [0, 0.1) is 10.1 Å². The van der Waals surface area contributed by atoms with Gasteiger partial charge in [0.1, 0.15) is 6.54 Å². The first-order chi connectivity index (χ1) is 15.3. The molecule has 0 aliphatic carbocycles. The number of hydrogen-bond acceptors (Lipinski definition) is 6. The lowest BCUT2D eigenvalue weighted by atomic mass is 10.2. The predicted molar refractivity (Wildman–Crippen MR) is 121 cm³/mol. The average Bonchev–Trinajstić information content (AvgIpc) is 2.79. The molecule has 0 saturated carbocycles. The molecule has 0 heterocycles. The van der Waals surface area contributed by atoms with Crippen LogP contribution >= 0.6 is 11.6 Å². The third-order valence-corrected chi connectivity index (χ3v) is 6.42. The molecule has 3 aromatic carbocycles. The van der Waals surface area contributed by atoms with Crippen LogP contribution in [-0.4, -0.2) is 32.0 Å². The van der Waals surface area contributed by atoms with E-state index in [-0.39, 0.29) is 5.69 Å². The first kappa shape index (κ1) is 22.9. The number of halogens is 1. The van der Waals surface area contributed by atoms with Gasteiger partial charge in [-0.25, -0.2) is 13.8 Å². The molecule has 0 aliphatic rings. The van der Waals surface area contributed by atoms with E-state index in [9.17, 15) is 23.3 Å². The lowest BCUT2D eigenvalue weighted by Gasteiger charge is -2.23. The van der Waals surface area contributed by atoms with Gasteiger partial charge in [-0.05, 0) is 24.3 Å². The highest BCUT2D eigenvalue weighted by atomic mass is 35.5. The minimum atomic E-state index is -4.45. The minimum Gasteiger partial charge on any atom is -0.271 e. The highest BCUT2D eigenvalue weighted by molar-refractivity contribution is 7.93. The Balaban J connectivity index is 1.90. The summed E-state index contributed by atoms with van der Waals surface area (Å²) in [4.78, 5) is 22.6. The van der Waals surface area contributed by atoms with E-state index in [0.717, 1.165) is 16.4 Å². The van der Waals surface area contributed by atoms with Crippen LogP contribution in [0.5, 0.6) is 0 Å². The maximum absolute atomic E-state index is 13.3. The van der Waals surface area contributed by atoms with Gasteiger partial charge in [-0.1, -0.05) is 60.1 Å². The number of hydrogen-bond donors (Lipinski definition) is 1. The maximum atomic E-state index is 13.3. The van der Waals surface area contributed by atoms with Gasteiger partial charge in [0.05, 0.1) is 16.8 Å². The van der Waals surface area contributed by atoms with Gasteiger partial charge in [-0.3, -0.25) is 19.2 Å². The number of anilines is 1. The van der Waals surface area contributed by atoms with Gasteiger partial charge < -0.3 is 0 Å². The van der Waals surface area contributed by atoms with Crippen molar-refractivity contribution in [3.05, 3.63) is 99.6 Å². The number of rotatable bonds is 8. The van der Waals surface area contributed by atoms with E-state index in [1.165, 1.54) is 30.5 Å². The normalized spacial score (nSPS) is 11.3. The number of carbonyl (C=O) groups excluding carboxylic acids is 1. The molecule has 0 radical (unpaired) electrons. The number of nitro benzene ring substituents is 1. The topological polar surface area (TPSA) is 122 Å². The lowest BCUT2D eigenvalue weighted by Crippen LogP contribution is -2.39. The van der Waals surface area contributed by atoms with Crippen LogP contribution in [0.1, 0.15) is 5.56 Å². The summed E-state index contributed by atoms with van der Waals surface area (Å²) < 4.78 is 27.4. The van der Waals surface area contributed by atoms with Crippen LogP contribution in [0.4, 0.5) is 11.4 Å². The molecule has 164 valence electrons. The van der Waals surface area contributed by atoms with Gasteiger partial charge in [0, 0.05) is 16.7 Å². The number of benzene rings is 3.